The van der Waals surface area contributed by atoms with Crippen LogP contribution >= 0.6 is 0 Å². The molecule has 1 saturated heterocycles. The molecule has 0 bridgehead atoms. The maximum absolute atomic E-state index is 12.9. The van der Waals surface area contributed by atoms with Crippen LogP contribution in [0.5, 0.6) is 5.75 Å². The van der Waals surface area contributed by atoms with Crippen molar-refractivity contribution in [3.05, 3.63) is 76.5 Å². The maximum Gasteiger partial charge on any atom is 0.253 e. The van der Waals surface area contributed by atoms with E-state index < -0.39 is 9.84 Å². The molecule has 3 aromatic rings. The summed E-state index contributed by atoms with van der Waals surface area (Å²) in [4.78, 5) is 13.1. The lowest BCUT2D eigenvalue weighted by molar-refractivity contribution is -0.0507. The minimum atomic E-state index is -3.47. The third-order valence-corrected chi connectivity index (χ3v) is 7.18. The second-order valence-electron chi connectivity index (χ2n) is 8.85. The van der Waals surface area contributed by atoms with Gasteiger partial charge in [0.2, 0.25) is 0 Å². The number of aryl methyl sites for hydroxylation is 2. The zero-order chi connectivity index (χ0) is 25.3. The molecule has 4 rings (SSSR count). The lowest BCUT2D eigenvalue weighted by atomic mass is 9.94. The Morgan fingerprint density at radius 3 is 2.57 bits per heavy atom. The van der Waals surface area contributed by atoms with E-state index in [-0.39, 0.29) is 16.4 Å². The summed E-state index contributed by atoms with van der Waals surface area (Å²) in [5.74, 6) is 0.829. The van der Waals surface area contributed by atoms with Crippen molar-refractivity contribution < 1.29 is 17.9 Å². The molecule has 0 N–H and O–H groups in total. The van der Waals surface area contributed by atoms with Crippen LogP contribution < -0.4 is 10.3 Å². The number of hydrogen-bond donors (Lipinski definition) is 0. The van der Waals surface area contributed by atoms with Gasteiger partial charge in [0, 0.05) is 60.9 Å². The first-order chi connectivity index (χ1) is 16.6. The molecule has 1 fully saturated rings. The van der Waals surface area contributed by atoms with Crippen molar-refractivity contribution >= 4 is 21.5 Å². The summed E-state index contributed by atoms with van der Waals surface area (Å²) in [6.45, 7) is 7.42. The fourth-order valence-electron chi connectivity index (χ4n) is 3.95. The van der Waals surface area contributed by atoms with Crippen LogP contribution in [0.3, 0.4) is 0 Å². The second-order valence-corrected chi connectivity index (χ2v) is 10.9. The first-order valence-electron chi connectivity index (χ1n) is 11.2. The van der Waals surface area contributed by atoms with Crippen LogP contribution in [0.15, 0.2) is 59.1 Å². The molecular weight excluding hydrogens is 466 g/mol. The Morgan fingerprint density at radius 1 is 1.26 bits per heavy atom. The van der Waals surface area contributed by atoms with Crippen LogP contribution in [0, 0.1) is 12.8 Å². The van der Waals surface area contributed by atoms with Crippen LogP contribution in [0.25, 0.3) is 22.8 Å². The minimum absolute atomic E-state index is 0.150. The van der Waals surface area contributed by atoms with Crippen LogP contribution in [0.2, 0.25) is 0 Å². The lowest BCUT2D eigenvalue weighted by Gasteiger charge is -2.26. The summed E-state index contributed by atoms with van der Waals surface area (Å²) in [6, 6.07) is 4.82. The molecule has 0 spiro atoms. The van der Waals surface area contributed by atoms with Gasteiger partial charge < -0.3 is 14.0 Å². The molecular formula is C26H29N3O5S. The van der Waals surface area contributed by atoms with Crippen molar-refractivity contribution in [1.29, 1.82) is 0 Å². The van der Waals surface area contributed by atoms with E-state index in [1.54, 1.807) is 55.3 Å². The summed E-state index contributed by atoms with van der Waals surface area (Å²) in [7, 11) is 0.0304. The minimum Gasteiger partial charge on any atom is -0.492 e. The molecule has 1 aliphatic heterocycles. The topological polar surface area (TPSA) is 92.4 Å². The van der Waals surface area contributed by atoms with E-state index in [9.17, 15) is 13.2 Å². The van der Waals surface area contributed by atoms with E-state index in [1.807, 2.05) is 19.3 Å². The Bertz CT molecular complexity index is 1480. The number of aromatic nitrogens is 3. The van der Waals surface area contributed by atoms with Crippen LogP contribution in [-0.2, 0) is 28.7 Å². The van der Waals surface area contributed by atoms with Crippen molar-refractivity contribution in [1.82, 2.24) is 14.3 Å². The highest BCUT2D eigenvalue weighted by atomic mass is 32.2. The van der Waals surface area contributed by atoms with Gasteiger partial charge in [-0.05, 0) is 42.3 Å². The molecule has 35 heavy (non-hydrogen) atoms. The molecule has 0 amide bonds. The zero-order valence-electron chi connectivity index (χ0n) is 20.3. The second kappa shape index (κ2) is 9.67. The van der Waals surface area contributed by atoms with E-state index in [0.29, 0.717) is 47.8 Å². The highest BCUT2D eigenvalue weighted by Crippen LogP contribution is 2.37. The van der Waals surface area contributed by atoms with Gasteiger partial charge in [0.05, 0.1) is 30.9 Å². The molecule has 3 heterocycles. The number of ether oxygens (including phenoxy) is 2. The smallest absolute Gasteiger partial charge is 0.253 e. The average Bonchev–Trinajstić information content (AvgIpc) is 3.21. The Labute approximate surface area is 205 Å². The summed E-state index contributed by atoms with van der Waals surface area (Å²) in [5, 5.41) is 4.23. The largest absolute Gasteiger partial charge is 0.492 e. The number of allylic oxidation sites excluding steroid dienone is 2. The molecule has 0 unspecified atom stereocenters. The number of pyridine rings is 1. The van der Waals surface area contributed by atoms with E-state index in [2.05, 4.69) is 11.7 Å². The molecule has 0 saturated carbocycles. The van der Waals surface area contributed by atoms with E-state index in [1.165, 1.54) is 10.8 Å². The number of benzene rings is 1. The van der Waals surface area contributed by atoms with Gasteiger partial charge in [-0.2, -0.15) is 5.10 Å². The van der Waals surface area contributed by atoms with Gasteiger partial charge in [0.15, 0.2) is 9.84 Å². The van der Waals surface area contributed by atoms with E-state index in [4.69, 9.17) is 9.47 Å². The Kier molecular flexibility index (Phi) is 6.82. The molecule has 1 aromatic carbocycles. The third-order valence-electron chi connectivity index (χ3n) is 6.07. The van der Waals surface area contributed by atoms with E-state index >= 15 is 0 Å². The van der Waals surface area contributed by atoms with Gasteiger partial charge in [-0.1, -0.05) is 12.7 Å². The summed E-state index contributed by atoms with van der Waals surface area (Å²) in [5.41, 5.74) is 3.93. The SMILES string of the molecule is C=C/C(=C\c1c(-c2cc(S(C)(=O)=O)ccc2OCC2COC2)cn(C)c(=O)c1C)c1cnn(C)c1. The van der Waals surface area contributed by atoms with Gasteiger partial charge in [-0.3, -0.25) is 9.48 Å². The highest BCUT2D eigenvalue weighted by Gasteiger charge is 2.22. The standard InChI is InChI=1S/C26H29N3O5S/c1-6-19(20-11-27-29(4)12-20)9-22-17(2)26(30)28(3)13-24(22)23-10-21(35(5,31)32)7-8-25(23)34-16-18-14-33-15-18/h6-13,18H,1,14-16H2,2-5H3/b19-9+. The summed E-state index contributed by atoms with van der Waals surface area (Å²) in [6.07, 6.45) is 10.1. The number of hydrogen-bond acceptors (Lipinski definition) is 6. The third kappa shape index (κ3) is 5.16. The first-order valence-corrected chi connectivity index (χ1v) is 13.1. The van der Waals surface area contributed by atoms with Crippen molar-refractivity contribution in [2.45, 2.75) is 11.8 Å². The monoisotopic (exact) mass is 495 g/mol. The van der Waals surface area contributed by atoms with Crippen LogP contribution in [0.1, 0.15) is 16.7 Å². The predicted octanol–water partition coefficient (Wildman–Crippen LogP) is 3.25. The molecule has 9 heteroatoms. The summed E-state index contributed by atoms with van der Waals surface area (Å²) >= 11 is 0. The highest BCUT2D eigenvalue weighted by molar-refractivity contribution is 7.90. The molecule has 1 aliphatic rings. The molecule has 2 aromatic heterocycles. The molecule has 0 atom stereocenters. The fraction of sp³-hybridized carbons (Fsp3) is 0.308. The van der Waals surface area contributed by atoms with E-state index in [0.717, 1.165) is 11.1 Å². The molecule has 184 valence electrons. The molecule has 0 radical (unpaired) electrons. The normalized spacial score (nSPS) is 14.6. The van der Waals surface area contributed by atoms with Gasteiger partial charge in [0.25, 0.3) is 5.56 Å². The average molecular weight is 496 g/mol. The van der Waals surface area contributed by atoms with Crippen molar-refractivity contribution in [3.8, 4) is 16.9 Å². The van der Waals surface area contributed by atoms with Crippen LogP contribution in [0.4, 0.5) is 0 Å². The fourth-order valence-corrected chi connectivity index (χ4v) is 4.60. The molecule has 8 nitrogen and oxygen atoms in total. The first kappa shape index (κ1) is 24.7. The number of nitrogens with zero attached hydrogens (tertiary/aromatic N) is 3. The van der Waals surface area contributed by atoms with Crippen molar-refractivity contribution in [2.75, 3.05) is 26.1 Å². The quantitative estimate of drug-likeness (QED) is 0.446. The Hall–Kier alpha value is -3.43. The predicted molar refractivity (Wildman–Crippen MR) is 136 cm³/mol. The number of sulfone groups is 1. The Morgan fingerprint density at radius 2 is 2.00 bits per heavy atom. The van der Waals surface area contributed by atoms with Gasteiger partial charge in [-0.15, -0.1) is 0 Å². The van der Waals surface area contributed by atoms with Crippen molar-refractivity contribution in [3.63, 3.8) is 0 Å². The Balaban J connectivity index is 1.95. The van der Waals surface area contributed by atoms with Gasteiger partial charge in [-0.25, -0.2) is 8.42 Å². The van der Waals surface area contributed by atoms with Gasteiger partial charge in [0.1, 0.15) is 5.75 Å². The lowest BCUT2D eigenvalue weighted by Crippen LogP contribution is -2.32. The van der Waals surface area contributed by atoms with Crippen molar-refractivity contribution in [2.24, 2.45) is 20.0 Å². The number of rotatable bonds is 8. The zero-order valence-corrected chi connectivity index (χ0v) is 21.1. The molecule has 0 aliphatic carbocycles. The maximum atomic E-state index is 12.9. The summed E-state index contributed by atoms with van der Waals surface area (Å²) < 4.78 is 39.3. The van der Waals surface area contributed by atoms with Crippen LogP contribution in [-0.4, -0.2) is 48.8 Å². The van der Waals surface area contributed by atoms with Gasteiger partial charge >= 0.3 is 0 Å².